The summed E-state index contributed by atoms with van der Waals surface area (Å²) in [5.74, 6) is 2.30. The number of carbonyl (C=O) groups is 1. The maximum absolute atomic E-state index is 13.2. The van der Waals surface area contributed by atoms with Crippen LogP contribution in [0.5, 0.6) is 0 Å². The number of hydrogen-bond acceptors (Lipinski definition) is 5. The van der Waals surface area contributed by atoms with Gasteiger partial charge in [-0.2, -0.15) is 0 Å². The molecule has 3 heterocycles. The number of benzene rings is 1. The lowest BCUT2D eigenvalue weighted by atomic mass is 10.0. The quantitative estimate of drug-likeness (QED) is 0.632. The van der Waals surface area contributed by atoms with Crippen molar-refractivity contribution >= 4 is 23.3 Å². The highest BCUT2D eigenvalue weighted by atomic mass is 35.5. The zero-order chi connectivity index (χ0) is 21.8. The van der Waals surface area contributed by atoms with Crippen molar-refractivity contribution in [2.24, 2.45) is 0 Å². The van der Waals surface area contributed by atoms with Crippen LogP contribution in [0.2, 0.25) is 5.02 Å². The fraction of sp³-hybridized carbons (Fsp3) is 0.455. The minimum absolute atomic E-state index is 0.133. The highest BCUT2D eigenvalue weighted by Crippen LogP contribution is 2.52. The summed E-state index contributed by atoms with van der Waals surface area (Å²) in [7, 11) is 0. The summed E-state index contributed by atoms with van der Waals surface area (Å²) >= 11 is 6.11. The number of rotatable bonds is 4. The van der Waals surface area contributed by atoms with Crippen LogP contribution in [0.3, 0.4) is 0 Å². The van der Waals surface area contributed by atoms with Gasteiger partial charge in [0.25, 0.3) is 0 Å². The highest BCUT2D eigenvalue weighted by molar-refractivity contribution is 6.30. The largest absolute Gasteiger partial charge is 0.359 e. The average Bonchev–Trinajstić information content (AvgIpc) is 3.06. The smallest absolute Gasteiger partial charge is 0.322 e. The van der Waals surface area contributed by atoms with Crippen LogP contribution in [0.1, 0.15) is 60.4 Å². The second-order valence-electron chi connectivity index (χ2n) is 8.46. The van der Waals surface area contributed by atoms with Crippen LogP contribution in [0, 0.1) is 20.8 Å². The number of halogens is 1. The van der Waals surface area contributed by atoms with E-state index in [-0.39, 0.29) is 17.6 Å². The highest BCUT2D eigenvalue weighted by Gasteiger charge is 2.50. The number of aryl methyl sites for hydroxylation is 3. The number of anilines is 1. The molecule has 3 aromatic rings. The Labute approximate surface area is 185 Å². The van der Waals surface area contributed by atoms with Gasteiger partial charge in [0.2, 0.25) is 0 Å². The van der Waals surface area contributed by atoms with Crippen LogP contribution >= 0.6 is 11.6 Å². The van der Waals surface area contributed by atoms with E-state index in [1.807, 2.05) is 30.9 Å². The molecule has 0 spiro atoms. The second-order valence-corrected chi connectivity index (χ2v) is 8.90. The Balaban J connectivity index is 1.47. The number of amides is 2. The van der Waals surface area contributed by atoms with Crippen molar-refractivity contribution in [3.63, 3.8) is 0 Å². The second kappa shape index (κ2) is 7.37. The summed E-state index contributed by atoms with van der Waals surface area (Å²) in [4.78, 5) is 15.0. The van der Waals surface area contributed by atoms with Crippen LogP contribution in [0.25, 0.3) is 0 Å². The Morgan fingerprint density at radius 1 is 1.19 bits per heavy atom. The number of nitrogens with zero attached hydrogens (tertiary/aromatic N) is 5. The van der Waals surface area contributed by atoms with Crippen molar-refractivity contribution in [2.45, 2.75) is 58.0 Å². The Morgan fingerprint density at radius 2 is 1.94 bits per heavy atom. The van der Waals surface area contributed by atoms with Gasteiger partial charge in [-0.15, -0.1) is 10.2 Å². The van der Waals surface area contributed by atoms with Crippen molar-refractivity contribution in [3.8, 4) is 0 Å². The molecule has 2 aliphatic rings. The zero-order valence-electron chi connectivity index (χ0n) is 17.9. The SMILES string of the molecule is Cc1noc(C)c1NC(=O)N1CCC[C@@H]1c1nnc(C)n1C1(c2ccc(Cl)cc2)CC1. The first kappa shape index (κ1) is 20.1. The molecule has 1 aliphatic heterocycles. The number of urea groups is 1. The van der Waals surface area contributed by atoms with Crippen LogP contribution in [-0.4, -0.2) is 37.4 Å². The van der Waals surface area contributed by atoms with Gasteiger partial charge in [-0.05, 0) is 64.2 Å². The number of carbonyl (C=O) groups excluding carboxylic acids is 1. The van der Waals surface area contributed by atoms with Crippen LogP contribution in [0.4, 0.5) is 10.5 Å². The number of aromatic nitrogens is 4. The van der Waals surface area contributed by atoms with E-state index in [0.29, 0.717) is 23.7 Å². The normalized spacial score (nSPS) is 19.6. The summed E-state index contributed by atoms with van der Waals surface area (Å²) in [6.07, 6.45) is 3.79. The summed E-state index contributed by atoms with van der Waals surface area (Å²) in [6, 6.07) is 7.71. The Morgan fingerprint density at radius 3 is 2.58 bits per heavy atom. The first-order valence-corrected chi connectivity index (χ1v) is 11.0. The Hall–Kier alpha value is -2.87. The topological polar surface area (TPSA) is 89.1 Å². The maximum atomic E-state index is 13.2. The summed E-state index contributed by atoms with van der Waals surface area (Å²) < 4.78 is 7.42. The van der Waals surface area contributed by atoms with Gasteiger partial charge in [0.15, 0.2) is 11.6 Å². The molecule has 8 nitrogen and oxygen atoms in total. The molecule has 1 atom stereocenters. The van der Waals surface area contributed by atoms with Crippen molar-refractivity contribution in [2.75, 3.05) is 11.9 Å². The van der Waals surface area contributed by atoms with E-state index in [2.05, 4.69) is 37.4 Å². The van der Waals surface area contributed by atoms with Gasteiger partial charge < -0.3 is 19.3 Å². The molecule has 2 amide bonds. The van der Waals surface area contributed by atoms with E-state index < -0.39 is 0 Å². The molecule has 2 fully saturated rings. The average molecular weight is 441 g/mol. The summed E-state index contributed by atoms with van der Waals surface area (Å²) in [5, 5.41) is 16.6. The molecule has 1 aliphatic carbocycles. The van der Waals surface area contributed by atoms with Crippen molar-refractivity contribution in [3.05, 3.63) is 58.0 Å². The van der Waals surface area contributed by atoms with E-state index in [1.54, 1.807) is 6.92 Å². The third kappa shape index (κ3) is 3.29. The molecule has 9 heteroatoms. The molecule has 5 rings (SSSR count). The third-order valence-electron chi connectivity index (χ3n) is 6.46. The van der Waals surface area contributed by atoms with Gasteiger partial charge in [0.1, 0.15) is 17.2 Å². The summed E-state index contributed by atoms with van der Waals surface area (Å²) in [6.45, 7) is 6.26. The molecule has 31 heavy (non-hydrogen) atoms. The molecule has 0 radical (unpaired) electrons. The first-order chi connectivity index (χ1) is 14.9. The van der Waals surface area contributed by atoms with Gasteiger partial charge >= 0.3 is 6.03 Å². The molecule has 1 saturated heterocycles. The Bertz CT molecular complexity index is 1110. The van der Waals surface area contributed by atoms with Gasteiger partial charge in [0.05, 0.1) is 11.6 Å². The van der Waals surface area contributed by atoms with Gasteiger partial charge in [-0.25, -0.2) is 4.79 Å². The first-order valence-electron chi connectivity index (χ1n) is 10.6. The van der Waals surface area contributed by atoms with Gasteiger partial charge in [0, 0.05) is 11.6 Å². The molecular weight excluding hydrogens is 416 g/mol. The number of nitrogens with one attached hydrogen (secondary N) is 1. The number of hydrogen-bond donors (Lipinski definition) is 1. The molecule has 1 aromatic carbocycles. The van der Waals surface area contributed by atoms with E-state index in [1.165, 1.54) is 5.56 Å². The summed E-state index contributed by atoms with van der Waals surface area (Å²) in [5.41, 5.74) is 2.33. The Kier molecular flexibility index (Phi) is 4.77. The lowest BCUT2D eigenvalue weighted by Crippen LogP contribution is -2.37. The predicted octanol–water partition coefficient (Wildman–Crippen LogP) is 4.75. The molecule has 0 bridgehead atoms. The van der Waals surface area contributed by atoms with Gasteiger partial charge in [-0.1, -0.05) is 28.9 Å². The minimum atomic E-state index is -0.167. The molecular formula is C22H25ClN6O2. The molecule has 2 aromatic heterocycles. The lowest BCUT2D eigenvalue weighted by molar-refractivity contribution is 0.203. The van der Waals surface area contributed by atoms with Crippen molar-refractivity contribution in [1.29, 1.82) is 0 Å². The molecule has 1 N–H and O–H groups in total. The molecule has 162 valence electrons. The van der Waals surface area contributed by atoms with E-state index in [9.17, 15) is 4.79 Å². The minimum Gasteiger partial charge on any atom is -0.359 e. The van der Waals surface area contributed by atoms with E-state index in [4.69, 9.17) is 16.1 Å². The standard InChI is InChI=1S/C22H25ClN6O2/c1-13-19(14(2)31-27-13)24-21(30)28-12-4-5-18(28)20-26-25-15(3)29(20)22(10-11-22)16-6-8-17(23)9-7-16/h6-9,18H,4-5,10-12H2,1-3H3,(H,24,30)/t18-/m1/s1. The molecule has 1 saturated carbocycles. The van der Waals surface area contributed by atoms with E-state index >= 15 is 0 Å². The van der Waals surface area contributed by atoms with Crippen LogP contribution in [-0.2, 0) is 5.54 Å². The van der Waals surface area contributed by atoms with Crippen molar-refractivity contribution in [1.82, 2.24) is 24.8 Å². The maximum Gasteiger partial charge on any atom is 0.322 e. The fourth-order valence-electron chi connectivity index (χ4n) is 4.76. The number of likely N-dealkylation sites (tertiary alicyclic amines) is 1. The van der Waals surface area contributed by atoms with Crippen LogP contribution in [0.15, 0.2) is 28.8 Å². The molecule has 0 unspecified atom stereocenters. The van der Waals surface area contributed by atoms with E-state index in [0.717, 1.165) is 42.4 Å². The monoisotopic (exact) mass is 440 g/mol. The predicted molar refractivity (Wildman–Crippen MR) is 116 cm³/mol. The third-order valence-corrected chi connectivity index (χ3v) is 6.71. The van der Waals surface area contributed by atoms with Crippen molar-refractivity contribution < 1.29 is 9.32 Å². The lowest BCUT2D eigenvalue weighted by Gasteiger charge is -2.28. The zero-order valence-corrected chi connectivity index (χ0v) is 18.6. The fourth-order valence-corrected chi connectivity index (χ4v) is 4.89. The van der Waals surface area contributed by atoms with Gasteiger partial charge in [-0.3, -0.25) is 0 Å². The van der Waals surface area contributed by atoms with Crippen LogP contribution < -0.4 is 5.32 Å².